The number of nitrogens with one attached hydrogen (secondary N) is 1. The number of rotatable bonds is 8. The minimum Gasteiger partial charge on any atom is -0.494 e. The Kier molecular flexibility index (Phi) is 7.75. The third kappa shape index (κ3) is 5.51. The van der Waals surface area contributed by atoms with Gasteiger partial charge in [0.2, 0.25) is 0 Å². The van der Waals surface area contributed by atoms with Crippen LogP contribution < -0.4 is 10.1 Å². The summed E-state index contributed by atoms with van der Waals surface area (Å²) in [5.41, 5.74) is 4.31. The van der Waals surface area contributed by atoms with E-state index < -0.39 is 30.2 Å². The molecule has 40 heavy (non-hydrogen) atoms. The first-order valence-corrected chi connectivity index (χ1v) is 13.7. The highest BCUT2D eigenvalue weighted by Crippen LogP contribution is 2.44. The molecule has 1 aliphatic heterocycles. The second-order valence-corrected chi connectivity index (χ2v) is 11.1. The predicted molar refractivity (Wildman–Crippen MR) is 155 cm³/mol. The zero-order valence-corrected chi connectivity index (χ0v) is 23.6. The third-order valence-electron chi connectivity index (χ3n) is 7.96. The van der Waals surface area contributed by atoms with E-state index in [0.717, 1.165) is 22.3 Å². The summed E-state index contributed by atoms with van der Waals surface area (Å²) in [7, 11) is -0.773. The predicted octanol–water partition coefficient (Wildman–Crippen LogP) is 6.78. The molecule has 1 heterocycles. The van der Waals surface area contributed by atoms with Gasteiger partial charge in [0.15, 0.2) is 0 Å². The Hall–Kier alpha value is -3.62. The second kappa shape index (κ2) is 11.1. The van der Waals surface area contributed by atoms with Crippen molar-refractivity contribution in [3.63, 3.8) is 0 Å². The van der Waals surface area contributed by atoms with Crippen LogP contribution in [-0.4, -0.2) is 44.2 Å². The number of amides is 1. The Labute approximate surface area is 235 Å². The molecule has 0 radical (unpaired) electrons. The van der Waals surface area contributed by atoms with Gasteiger partial charge in [0.1, 0.15) is 18.2 Å². The van der Waals surface area contributed by atoms with E-state index in [-0.39, 0.29) is 19.1 Å². The van der Waals surface area contributed by atoms with E-state index in [1.165, 1.54) is 6.07 Å². The largest absolute Gasteiger partial charge is 0.494 e. The smallest absolute Gasteiger partial charge is 0.492 e. The summed E-state index contributed by atoms with van der Waals surface area (Å²) < 4.78 is 38.5. The van der Waals surface area contributed by atoms with Gasteiger partial charge in [-0.3, -0.25) is 0 Å². The summed E-state index contributed by atoms with van der Waals surface area (Å²) in [5.74, 6) is -0.0404. The van der Waals surface area contributed by atoms with Crippen molar-refractivity contribution in [1.29, 1.82) is 0 Å². The van der Waals surface area contributed by atoms with Crippen molar-refractivity contribution in [3.05, 3.63) is 94.7 Å². The van der Waals surface area contributed by atoms with Gasteiger partial charge in [0, 0.05) is 24.1 Å². The highest BCUT2D eigenvalue weighted by Gasteiger charge is 2.52. The third-order valence-corrected chi connectivity index (χ3v) is 7.96. The van der Waals surface area contributed by atoms with E-state index >= 15 is 0 Å². The lowest BCUT2D eigenvalue weighted by molar-refractivity contribution is 0.00578. The van der Waals surface area contributed by atoms with Crippen molar-refractivity contribution in [1.82, 2.24) is 5.32 Å². The van der Waals surface area contributed by atoms with Gasteiger partial charge in [-0.1, -0.05) is 54.6 Å². The molecule has 1 saturated heterocycles. The Bertz CT molecular complexity index is 1370. The van der Waals surface area contributed by atoms with E-state index in [4.69, 9.17) is 18.8 Å². The number of hydrogen-bond donors (Lipinski definition) is 1. The molecule has 0 spiro atoms. The lowest BCUT2D eigenvalue weighted by Crippen LogP contribution is -2.41. The number of carbonyl (C=O) groups is 1. The van der Waals surface area contributed by atoms with Crippen LogP contribution in [0.15, 0.2) is 72.2 Å². The average molecular weight is 543 g/mol. The Balaban J connectivity index is 1.31. The number of fused-ring (bicyclic) bond motifs is 3. The molecular formula is C32H35BFNO5. The molecule has 5 rings (SSSR count). The van der Waals surface area contributed by atoms with Crippen LogP contribution in [0.3, 0.4) is 0 Å². The number of carbonyl (C=O) groups excluding carboxylic acids is 1. The maximum absolute atomic E-state index is 14.9. The van der Waals surface area contributed by atoms with E-state index in [1.54, 1.807) is 18.2 Å². The Morgan fingerprint density at radius 1 is 0.975 bits per heavy atom. The molecule has 0 unspecified atom stereocenters. The van der Waals surface area contributed by atoms with Gasteiger partial charge in [0.25, 0.3) is 0 Å². The normalized spacial score (nSPS) is 17.4. The van der Waals surface area contributed by atoms with Crippen LogP contribution in [-0.2, 0) is 14.0 Å². The van der Waals surface area contributed by atoms with Gasteiger partial charge >= 0.3 is 13.2 Å². The first-order chi connectivity index (χ1) is 19.1. The van der Waals surface area contributed by atoms with Crippen molar-refractivity contribution in [2.45, 2.75) is 51.7 Å². The fourth-order valence-corrected chi connectivity index (χ4v) is 5.10. The summed E-state index contributed by atoms with van der Waals surface area (Å²) in [6.45, 7) is 10.3. The molecule has 3 aromatic rings. The summed E-state index contributed by atoms with van der Waals surface area (Å²) in [6, 6.07) is 21.1. The molecule has 0 saturated carbocycles. The quantitative estimate of drug-likeness (QED) is 0.318. The van der Waals surface area contributed by atoms with Crippen LogP contribution in [0, 0.1) is 5.82 Å². The standard InChI is InChI=1S/C32H35BFNO5/c1-6-37-23-16-15-21(29(34)18-23)17-22(33-39-31(2,3)32(4,5)40-33)19-35-30(36)38-20-28-26-13-9-7-11-24(26)25-12-8-10-14-27(25)28/h7-18,28H,6,19-20H2,1-5H3,(H,35,36). The minimum atomic E-state index is -0.773. The zero-order chi connectivity index (χ0) is 28.5. The average Bonchev–Trinajstić information content (AvgIpc) is 3.35. The molecule has 1 aliphatic carbocycles. The van der Waals surface area contributed by atoms with E-state index in [2.05, 4.69) is 29.6 Å². The van der Waals surface area contributed by atoms with Crippen molar-refractivity contribution in [2.75, 3.05) is 19.8 Å². The monoisotopic (exact) mass is 543 g/mol. The maximum atomic E-state index is 14.9. The van der Waals surface area contributed by atoms with Crippen LogP contribution >= 0.6 is 0 Å². The number of alkyl carbamates (subject to hydrolysis) is 1. The summed E-state index contributed by atoms with van der Waals surface area (Å²) in [4.78, 5) is 12.9. The van der Waals surface area contributed by atoms with Crippen LogP contribution in [0.4, 0.5) is 9.18 Å². The first-order valence-electron chi connectivity index (χ1n) is 13.7. The Morgan fingerprint density at radius 3 is 2.15 bits per heavy atom. The van der Waals surface area contributed by atoms with Crippen molar-refractivity contribution >= 4 is 19.3 Å². The van der Waals surface area contributed by atoms with Crippen LogP contribution in [0.25, 0.3) is 17.2 Å². The SMILES string of the molecule is CCOc1ccc(C=C(CNC(=O)OCC2c3ccccc3-c3ccccc32)B2OC(C)(C)C(C)(C)O2)c(F)c1. The van der Waals surface area contributed by atoms with Gasteiger partial charge in [-0.05, 0) is 74.5 Å². The molecule has 0 bridgehead atoms. The van der Waals surface area contributed by atoms with Gasteiger partial charge < -0.3 is 24.1 Å². The lowest BCUT2D eigenvalue weighted by Gasteiger charge is -2.32. The van der Waals surface area contributed by atoms with Crippen LogP contribution in [0.2, 0.25) is 0 Å². The highest BCUT2D eigenvalue weighted by molar-refractivity contribution is 6.56. The zero-order valence-electron chi connectivity index (χ0n) is 23.6. The molecule has 8 heteroatoms. The highest BCUT2D eigenvalue weighted by atomic mass is 19.1. The second-order valence-electron chi connectivity index (χ2n) is 11.1. The molecule has 6 nitrogen and oxygen atoms in total. The van der Waals surface area contributed by atoms with Gasteiger partial charge in [-0.2, -0.15) is 0 Å². The minimum absolute atomic E-state index is 0.0470. The molecule has 208 valence electrons. The van der Waals surface area contributed by atoms with Gasteiger partial charge in [0.05, 0.1) is 17.8 Å². The summed E-state index contributed by atoms with van der Waals surface area (Å²) in [6.07, 6.45) is 1.08. The fraction of sp³-hybridized carbons (Fsp3) is 0.344. The topological polar surface area (TPSA) is 66.0 Å². The van der Waals surface area contributed by atoms with Crippen LogP contribution in [0.1, 0.15) is 57.2 Å². The fourth-order valence-electron chi connectivity index (χ4n) is 5.10. The lowest BCUT2D eigenvalue weighted by atomic mass is 9.77. The first kappa shape index (κ1) is 27.9. The molecule has 0 aromatic heterocycles. The molecule has 0 atom stereocenters. The van der Waals surface area contributed by atoms with Crippen LogP contribution in [0.5, 0.6) is 5.75 Å². The number of halogens is 1. The number of ether oxygens (including phenoxy) is 2. The van der Waals surface area contributed by atoms with E-state index in [0.29, 0.717) is 23.4 Å². The molecular weight excluding hydrogens is 508 g/mol. The molecule has 2 aliphatic rings. The number of hydrogen-bond acceptors (Lipinski definition) is 5. The van der Waals surface area contributed by atoms with E-state index in [9.17, 15) is 9.18 Å². The van der Waals surface area contributed by atoms with Crippen molar-refractivity contribution in [3.8, 4) is 16.9 Å². The molecule has 1 N–H and O–H groups in total. The van der Waals surface area contributed by atoms with Gasteiger partial charge in [-0.15, -0.1) is 0 Å². The van der Waals surface area contributed by atoms with Crippen molar-refractivity contribution in [2.24, 2.45) is 0 Å². The Morgan fingerprint density at radius 2 is 1.57 bits per heavy atom. The molecule has 1 fully saturated rings. The molecule has 3 aromatic carbocycles. The summed E-state index contributed by atoms with van der Waals surface area (Å²) >= 11 is 0. The van der Waals surface area contributed by atoms with Crippen molar-refractivity contribution < 1.29 is 28.0 Å². The molecule has 1 amide bonds. The number of benzene rings is 3. The van der Waals surface area contributed by atoms with Gasteiger partial charge in [-0.25, -0.2) is 9.18 Å². The van der Waals surface area contributed by atoms with E-state index in [1.807, 2.05) is 58.9 Å². The maximum Gasteiger partial charge on any atom is 0.492 e. The summed E-state index contributed by atoms with van der Waals surface area (Å²) in [5, 5.41) is 2.82.